The molecule has 2 aliphatic heterocycles. The molecule has 2 N–H and O–H groups in total. The molecule has 0 spiro atoms. The lowest BCUT2D eigenvalue weighted by molar-refractivity contribution is -0.133. The van der Waals surface area contributed by atoms with Crippen LogP contribution >= 0.6 is 23.5 Å². The molecule has 8 nitrogen and oxygen atoms in total. The number of fused-ring (bicyclic) bond motifs is 1. The van der Waals surface area contributed by atoms with Crippen LogP contribution in [0, 0.1) is 0 Å². The fourth-order valence-corrected chi connectivity index (χ4v) is 3.95. The summed E-state index contributed by atoms with van der Waals surface area (Å²) in [6, 6.07) is 3.39. The van der Waals surface area contributed by atoms with Gasteiger partial charge in [0.1, 0.15) is 18.3 Å². The van der Waals surface area contributed by atoms with Crippen molar-refractivity contribution in [3.8, 4) is 5.75 Å². The lowest BCUT2D eigenvalue weighted by Gasteiger charge is -2.39. The van der Waals surface area contributed by atoms with Gasteiger partial charge in [-0.1, -0.05) is 23.5 Å². The zero-order valence-electron chi connectivity index (χ0n) is 15.0. The average Bonchev–Trinajstić information content (AvgIpc) is 3.08. The van der Waals surface area contributed by atoms with E-state index < -0.39 is 18.0 Å². The first-order valence-corrected chi connectivity index (χ1v) is 9.48. The van der Waals surface area contributed by atoms with Crippen molar-refractivity contribution in [3.05, 3.63) is 34.3 Å². The standard InChI is InChI=1S/C17H19ClN4O4S/c1-9(2)22-16(24)15-12(8-27-20-15)21(17(22)25)7-14(23)19-10-4-5-13(26-3)11(18)6-10/h4-6,8-9,15,20H,7H2,1-3H3,(H,19,23). The molecule has 10 heteroatoms. The van der Waals surface area contributed by atoms with Gasteiger partial charge in [-0.3, -0.25) is 19.4 Å². The predicted molar refractivity (Wildman–Crippen MR) is 103 cm³/mol. The minimum Gasteiger partial charge on any atom is -0.495 e. The van der Waals surface area contributed by atoms with Crippen molar-refractivity contribution in [1.29, 1.82) is 0 Å². The number of benzene rings is 1. The highest BCUT2D eigenvalue weighted by Gasteiger charge is 2.46. The quantitative estimate of drug-likeness (QED) is 0.724. The van der Waals surface area contributed by atoms with Gasteiger partial charge in [-0.2, -0.15) is 0 Å². The van der Waals surface area contributed by atoms with Crippen molar-refractivity contribution in [2.45, 2.75) is 25.9 Å². The summed E-state index contributed by atoms with van der Waals surface area (Å²) in [5.74, 6) is -0.224. The number of urea groups is 1. The molecule has 2 heterocycles. The zero-order valence-corrected chi connectivity index (χ0v) is 16.6. The van der Waals surface area contributed by atoms with E-state index >= 15 is 0 Å². The Labute approximate surface area is 166 Å². The van der Waals surface area contributed by atoms with Crippen LogP contribution in [0.25, 0.3) is 0 Å². The topological polar surface area (TPSA) is 91.0 Å². The Hall–Kier alpha value is -2.23. The first-order valence-electron chi connectivity index (χ1n) is 8.22. The molecule has 2 aliphatic rings. The number of nitrogens with zero attached hydrogens (tertiary/aromatic N) is 2. The predicted octanol–water partition coefficient (Wildman–Crippen LogP) is 2.42. The lowest BCUT2D eigenvalue weighted by atomic mass is 10.1. The Morgan fingerprint density at radius 3 is 2.78 bits per heavy atom. The maximum absolute atomic E-state index is 12.8. The number of amides is 4. The molecule has 27 heavy (non-hydrogen) atoms. The van der Waals surface area contributed by atoms with Crippen LogP contribution in [-0.4, -0.2) is 53.4 Å². The number of anilines is 1. The van der Waals surface area contributed by atoms with Crippen LogP contribution in [0.15, 0.2) is 29.3 Å². The second kappa shape index (κ2) is 7.79. The molecule has 1 aromatic carbocycles. The molecule has 4 amide bonds. The van der Waals surface area contributed by atoms with Crippen LogP contribution in [0.4, 0.5) is 10.5 Å². The first-order chi connectivity index (χ1) is 12.8. The molecule has 0 aromatic heterocycles. The summed E-state index contributed by atoms with van der Waals surface area (Å²) in [5.41, 5.74) is 0.964. The molecule has 144 valence electrons. The number of nitrogens with one attached hydrogen (secondary N) is 2. The van der Waals surface area contributed by atoms with E-state index in [0.717, 1.165) is 0 Å². The summed E-state index contributed by atoms with van der Waals surface area (Å²) < 4.78 is 8.04. The Bertz CT molecular complexity index is 829. The van der Waals surface area contributed by atoms with Gasteiger partial charge in [0.15, 0.2) is 0 Å². The number of rotatable bonds is 5. The van der Waals surface area contributed by atoms with E-state index in [1.54, 1.807) is 37.5 Å². The molecule has 0 saturated carbocycles. The molecule has 1 unspecified atom stereocenters. The Kier molecular flexibility index (Phi) is 5.64. The van der Waals surface area contributed by atoms with Crippen molar-refractivity contribution in [2.75, 3.05) is 19.0 Å². The third-order valence-corrected chi connectivity index (χ3v) is 5.17. The van der Waals surface area contributed by atoms with Gasteiger partial charge in [0.05, 0.1) is 17.8 Å². The lowest BCUT2D eigenvalue weighted by Crippen LogP contribution is -2.62. The summed E-state index contributed by atoms with van der Waals surface area (Å²) in [5, 5.41) is 4.74. The van der Waals surface area contributed by atoms with E-state index in [0.29, 0.717) is 22.2 Å². The molecule has 1 fully saturated rings. The van der Waals surface area contributed by atoms with Crippen LogP contribution < -0.4 is 14.8 Å². The highest BCUT2D eigenvalue weighted by atomic mass is 35.5. The number of hydrogen-bond acceptors (Lipinski definition) is 6. The van der Waals surface area contributed by atoms with E-state index in [2.05, 4.69) is 10.0 Å². The fourth-order valence-electron chi connectivity index (χ4n) is 2.88. The molecular formula is C17H19ClN4O4S. The molecule has 0 bridgehead atoms. The Morgan fingerprint density at radius 2 is 2.15 bits per heavy atom. The van der Waals surface area contributed by atoms with E-state index in [4.69, 9.17) is 16.3 Å². The maximum atomic E-state index is 12.8. The SMILES string of the molecule is COc1ccc(NC(=O)CN2C(=O)N(C(C)C)C(=O)C3NSC=C32)cc1Cl. The highest BCUT2D eigenvalue weighted by molar-refractivity contribution is 8.00. The van der Waals surface area contributed by atoms with Gasteiger partial charge in [-0.05, 0) is 32.0 Å². The normalized spacial score (nSPS) is 19.3. The minimum atomic E-state index is -0.640. The van der Waals surface area contributed by atoms with Crippen LogP contribution in [0.5, 0.6) is 5.75 Å². The third kappa shape index (κ3) is 3.76. The first kappa shape index (κ1) is 19.5. The van der Waals surface area contributed by atoms with E-state index in [-0.39, 0.29) is 18.5 Å². The molecule has 0 aliphatic carbocycles. The number of hydrogen-bond donors (Lipinski definition) is 2. The zero-order chi connectivity index (χ0) is 19.7. The van der Waals surface area contributed by atoms with Gasteiger partial charge in [-0.25, -0.2) is 9.52 Å². The Balaban J connectivity index is 1.76. The monoisotopic (exact) mass is 410 g/mol. The van der Waals surface area contributed by atoms with Crippen molar-refractivity contribution >= 4 is 47.1 Å². The number of methoxy groups -OCH3 is 1. The highest BCUT2D eigenvalue weighted by Crippen LogP contribution is 2.31. The summed E-state index contributed by atoms with van der Waals surface area (Å²) >= 11 is 7.29. The molecule has 0 radical (unpaired) electrons. The van der Waals surface area contributed by atoms with Crippen molar-refractivity contribution in [1.82, 2.24) is 14.5 Å². The van der Waals surface area contributed by atoms with Gasteiger partial charge < -0.3 is 10.1 Å². The minimum absolute atomic E-state index is 0.219. The van der Waals surface area contributed by atoms with Gasteiger partial charge in [0, 0.05) is 17.1 Å². The average molecular weight is 411 g/mol. The second-order valence-corrected chi connectivity index (χ2v) is 7.39. The number of halogens is 1. The van der Waals surface area contributed by atoms with E-state index in [1.807, 2.05) is 0 Å². The largest absolute Gasteiger partial charge is 0.495 e. The van der Waals surface area contributed by atoms with E-state index in [1.165, 1.54) is 28.9 Å². The van der Waals surface area contributed by atoms with Crippen LogP contribution in [-0.2, 0) is 9.59 Å². The van der Waals surface area contributed by atoms with Crippen LogP contribution in [0.3, 0.4) is 0 Å². The molecule has 1 atom stereocenters. The van der Waals surface area contributed by atoms with Crippen LogP contribution in [0.2, 0.25) is 5.02 Å². The second-order valence-electron chi connectivity index (χ2n) is 6.28. The van der Waals surface area contributed by atoms with E-state index in [9.17, 15) is 14.4 Å². The van der Waals surface area contributed by atoms with Gasteiger partial charge in [-0.15, -0.1) is 0 Å². The van der Waals surface area contributed by atoms with Gasteiger partial charge in [0.2, 0.25) is 5.91 Å². The summed E-state index contributed by atoms with van der Waals surface area (Å²) in [4.78, 5) is 40.3. The van der Waals surface area contributed by atoms with Crippen molar-refractivity contribution in [3.63, 3.8) is 0 Å². The van der Waals surface area contributed by atoms with Gasteiger partial charge >= 0.3 is 6.03 Å². The molecule has 1 saturated heterocycles. The number of imide groups is 1. The third-order valence-electron chi connectivity index (χ3n) is 4.15. The van der Waals surface area contributed by atoms with Crippen LogP contribution in [0.1, 0.15) is 13.8 Å². The number of carbonyl (C=O) groups excluding carboxylic acids is 3. The Morgan fingerprint density at radius 1 is 1.41 bits per heavy atom. The molecule has 1 aromatic rings. The van der Waals surface area contributed by atoms with Crippen molar-refractivity contribution < 1.29 is 19.1 Å². The fraction of sp³-hybridized carbons (Fsp3) is 0.353. The smallest absolute Gasteiger partial charge is 0.331 e. The molecule has 3 rings (SSSR count). The number of carbonyl (C=O) groups is 3. The summed E-state index contributed by atoms with van der Waals surface area (Å²) in [6.45, 7) is 3.29. The molecular weight excluding hydrogens is 392 g/mol. The summed E-state index contributed by atoms with van der Waals surface area (Å²) in [6.07, 6.45) is 0. The van der Waals surface area contributed by atoms with Crippen molar-refractivity contribution in [2.24, 2.45) is 0 Å². The van der Waals surface area contributed by atoms with Gasteiger partial charge in [0.25, 0.3) is 5.91 Å². The number of ether oxygens (including phenoxy) is 1. The maximum Gasteiger partial charge on any atom is 0.331 e. The summed E-state index contributed by atoms with van der Waals surface area (Å²) in [7, 11) is 1.50.